The van der Waals surface area contributed by atoms with Crippen LogP contribution in [0.15, 0.2) is 23.2 Å². The average molecular weight is 376 g/mol. The zero-order valence-electron chi connectivity index (χ0n) is 16.9. The minimum absolute atomic E-state index is 0.330. The van der Waals surface area contributed by atoms with Gasteiger partial charge >= 0.3 is 0 Å². The molecule has 2 fully saturated rings. The number of nitrogens with zero attached hydrogens (tertiary/aromatic N) is 2. The van der Waals surface area contributed by atoms with Crippen molar-refractivity contribution in [2.24, 2.45) is 10.9 Å². The molecule has 1 saturated heterocycles. The molecule has 1 aromatic carbocycles. The molecule has 1 aromatic rings. The van der Waals surface area contributed by atoms with Gasteiger partial charge in [0.1, 0.15) is 0 Å². The zero-order chi connectivity index (χ0) is 19.1. The summed E-state index contributed by atoms with van der Waals surface area (Å²) in [7, 11) is 5.31. The van der Waals surface area contributed by atoms with Crippen LogP contribution in [-0.2, 0) is 11.3 Å². The van der Waals surface area contributed by atoms with Crippen molar-refractivity contribution in [2.45, 2.75) is 44.8 Å². The van der Waals surface area contributed by atoms with Crippen LogP contribution in [0.3, 0.4) is 0 Å². The van der Waals surface area contributed by atoms with Gasteiger partial charge in [-0.2, -0.15) is 0 Å². The van der Waals surface area contributed by atoms with Gasteiger partial charge in [-0.25, -0.2) is 0 Å². The summed E-state index contributed by atoms with van der Waals surface area (Å²) in [4.78, 5) is 6.75. The van der Waals surface area contributed by atoms with Gasteiger partial charge in [-0.3, -0.25) is 4.99 Å². The summed E-state index contributed by atoms with van der Waals surface area (Å²) < 4.78 is 17.0. The van der Waals surface area contributed by atoms with Gasteiger partial charge in [0.15, 0.2) is 17.5 Å². The van der Waals surface area contributed by atoms with E-state index < -0.39 is 0 Å². The topological polar surface area (TPSA) is 55.3 Å². The minimum atomic E-state index is 0.330. The Labute approximate surface area is 162 Å². The molecule has 6 heteroatoms. The Kier molecular flexibility index (Phi) is 7.21. The van der Waals surface area contributed by atoms with Crippen molar-refractivity contribution in [1.82, 2.24) is 10.2 Å². The third-order valence-electron chi connectivity index (χ3n) is 5.47. The maximum atomic E-state index is 6.13. The highest BCUT2D eigenvalue weighted by Gasteiger charge is 2.24. The normalized spacial score (nSPS) is 20.9. The molecule has 6 nitrogen and oxygen atoms in total. The molecule has 1 atom stereocenters. The Morgan fingerprint density at radius 2 is 2.00 bits per heavy atom. The molecule has 0 amide bonds. The first-order chi connectivity index (χ1) is 13.2. The fraction of sp³-hybridized carbons (Fsp3) is 0.667. The summed E-state index contributed by atoms with van der Waals surface area (Å²) in [5.74, 6) is 3.18. The van der Waals surface area contributed by atoms with Crippen molar-refractivity contribution < 1.29 is 14.2 Å². The number of ether oxygens (including phenoxy) is 3. The first-order valence-electron chi connectivity index (χ1n) is 10.0. The molecule has 2 aliphatic rings. The van der Waals surface area contributed by atoms with Crippen LogP contribution in [-0.4, -0.2) is 57.9 Å². The van der Waals surface area contributed by atoms with Crippen LogP contribution in [0.1, 0.15) is 37.7 Å². The van der Waals surface area contributed by atoms with E-state index in [4.69, 9.17) is 14.2 Å². The molecule has 150 valence electrons. The molecule has 0 spiro atoms. The molecular formula is C21H33N3O3. The van der Waals surface area contributed by atoms with E-state index in [2.05, 4.69) is 27.3 Å². The zero-order valence-corrected chi connectivity index (χ0v) is 16.9. The molecular weight excluding hydrogens is 342 g/mol. The van der Waals surface area contributed by atoms with Crippen molar-refractivity contribution in [3.63, 3.8) is 0 Å². The van der Waals surface area contributed by atoms with Crippen molar-refractivity contribution in [3.05, 3.63) is 23.8 Å². The predicted molar refractivity (Wildman–Crippen MR) is 108 cm³/mol. The van der Waals surface area contributed by atoms with Crippen LogP contribution in [0, 0.1) is 5.92 Å². The Bertz CT molecular complexity index is 629. The van der Waals surface area contributed by atoms with Gasteiger partial charge < -0.3 is 24.4 Å². The fourth-order valence-corrected chi connectivity index (χ4v) is 4.02. The van der Waals surface area contributed by atoms with E-state index in [-0.39, 0.29) is 0 Å². The van der Waals surface area contributed by atoms with Crippen molar-refractivity contribution in [3.8, 4) is 11.5 Å². The second kappa shape index (κ2) is 9.83. The molecule has 0 radical (unpaired) electrons. The summed E-state index contributed by atoms with van der Waals surface area (Å²) in [6.45, 7) is 3.53. The van der Waals surface area contributed by atoms with Gasteiger partial charge in [-0.15, -0.1) is 0 Å². The molecule has 0 aromatic heterocycles. The smallest absolute Gasteiger partial charge is 0.193 e. The summed E-state index contributed by atoms with van der Waals surface area (Å²) in [6, 6.07) is 6.19. The number of guanidine groups is 1. The van der Waals surface area contributed by atoms with E-state index in [1.54, 1.807) is 14.2 Å². The lowest BCUT2D eigenvalue weighted by Gasteiger charge is -2.22. The Balaban J connectivity index is 1.56. The molecule has 1 heterocycles. The molecule has 1 aliphatic heterocycles. The van der Waals surface area contributed by atoms with Crippen molar-refractivity contribution in [2.75, 3.05) is 41.0 Å². The van der Waals surface area contributed by atoms with Crippen LogP contribution >= 0.6 is 0 Å². The second-order valence-corrected chi connectivity index (χ2v) is 7.47. The maximum Gasteiger partial charge on any atom is 0.193 e. The number of nitrogens with one attached hydrogen (secondary N) is 1. The van der Waals surface area contributed by atoms with Gasteiger partial charge in [-0.05, 0) is 49.8 Å². The third kappa shape index (κ3) is 5.28. The van der Waals surface area contributed by atoms with E-state index in [1.807, 2.05) is 13.1 Å². The van der Waals surface area contributed by atoms with E-state index >= 15 is 0 Å². The molecule has 1 saturated carbocycles. The lowest BCUT2D eigenvalue weighted by molar-refractivity contribution is 0.157. The number of likely N-dealkylation sites (tertiary alicyclic amines) is 1. The second-order valence-electron chi connectivity index (χ2n) is 7.47. The number of benzene rings is 1. The molecule has 1 unspecified atom stereocenters. The average Bonchev–Trinajstić information content (AvgIpc) is 3.36. The van der Waals surface area contributed by atoms with Crippen LogP contribution < -0.4 is 14.8 Å². The van der Waals surface area contributed by atoms with Crippen LogP contribution in [0.2, 0.25) is 0 Å². The number of aliphatic imine (C=N–C) groups is 1. The number of methoxy groups -OCH3 is 2. The summed E-state index contributed by atoms with van der Waals surface area (Å²) >= 11 is 0. The highest BCUT2D eigenvalue weighted by atomic mass is 16.5. The highest BCUT2D eigenvalue weighted by Crippen LogP contribution is 2.32. The van der Waals surface area contributed by atoms with E-state index in [0.717, 1.165) is 62.0 Å². The summed E-state index contributed by atoms with van der Waals surface area (Å²) in [6.07, 6.45) is 6.28. The maximum absolute atomic E-state index is 6.13. The Hall–Kier alpha value is -1.95. The Morgan fingerprint density at radius 1 is 1.19 bits per heavy atom. The molecule has 27 heavy (non-hydrogen) atoms. The van der Waals surface area contributed by atoms with Crippen LogP contribution in [0.4, 0.5) is 0 Å². The van der Waals surface area contributed by atoms with Gasteiger partial charge in [0.25, 0.3) is 0 Å². The van der Waals surface area contributed by atoms with Crippen molar-refractivity contribution in [1.29, 1.82) is 0 Å². The van der Waals surface area contributed by atoms with E-state index in [0.29, 0.717) is 18.6 Å². The van der Waals surface area contributed by atoms with Crippen LogP contribution in [0.25, 0.3) is 0 Å². The SMILES string of the molecule is CN=C(NCc1ccc(OC2CCCC2)c(OC)c1)N1CCC(COC)C1. The first-order valence-corrected chi connectivity index (χ1v) is 10.0. The molecule has 0 bridgehead atoms. The summed E-state index contributed by atoms with van der Waals surface area (Å²) in [5, 5.41) is 3.47. The Morgan fingerprint density at radius 3 is 2.70 bits per heavy atom. The third-order valence-corrected chi connectivity index (χ3v) is 5.47. The highest BCUT2D eigenvalue weighted by molar-refractivity contribution is 5.80. The fourth-order valence-electron chi connectivity index (χ4n) is 4.02. The molecule has 1 N–H and O–H groups in total. The minimum Gasteiger partial charge on any atom is -0.493 e. The number of hydrogen-bond acceptors (Lipinski definition) is 4. The number of hydrogen-bond donors (Lipinski definition) is 1. The van der Waals surface area contributed by atoms with Gasteiger partial charge in [0.05, 0.1) is 19.8 Å². The molecule has 1 aliphatic carbocycles. The van der Waals surface area contributed by atoms with Gasteiger partial charge in [0, 0.05) is 39.7 Å². The van der Waals surface area contributed by atoms with Crippen molar-refractivity contribution >= 4 is 5.96 Å². The lowest BCUT2D eigenvalue weighted by Crippen LogP contribution is -2.39. The van der Waals surface area contributed by atoms with Crippen LogP contribution in [0.5, 0.6) is 11.5 Å². The van der Waals surface area contributed by atoms with Gasteiger partial charge in [-0.1, -0.05) is 6.07 Å². The molecule has 3 rings (SSSR count). The number of rotatable bonds is 7. The summed E-state index contributed by atoms with van der Waals surface area (Å²) in [5.41, 5.74) is 1.15. The largest absolute Gasteiger partial charge is 0.493 e. The van der Waals surface area contributed by atoms with E-state index in [1.165, 1.54) is 12.8 Å². The quantitative estimate of drug-likeness (QED) is 0.586. The first kappa shape index (κ1) is 19.8. The van der Waals surface area contributed by atoms with E-state index in [9.17, 15) is 0 Å². The van der Waals surface area contributed by atoms with Gasteiger partial charge in [0.2, 0.25) is 0 Å². The lowest BCUT2D eigenvalue weighted by atomic mass is 10.1. The standard InChI is InChI=1S/C21H33N3O3/c1-22-21(24-11-10-17(14-24)15-25-2)23-13-16-8-9-19(20(12-16)26-3)27-18-6-4-5-7-18/h8-9,12,17-18H,4-7,10-11,13-15H2,1-3H3,(H,22,23). The predicted octanol–water partition coefficient (Wildman–Crippen LogP) is 3.06. The monoisotopic (exact) mass is 375 g/mol.